The molecule has 1 N–H and O–H groups in total. The molecule has 1 saturated heterocycles. The molecule has 0 radical (unpaired) electrons. The van der Waals surface area contributed by atoms with Gasteiger partial charge in [0.15, 0.2) is 5.17 Å². The Labute approximate surface area is 163 Å². The van der Waals surface area contributed by atoms with Crippen LogP contribution in [0, 0.1) is 0 Å². The van der Waals surface area contributed by atoms with E-state index in [9.17, 15) is 18.0 Å². The number of carbonyl (C=O) groups is 1. The smallest absolute Gasteiger partial charge is 0.416 e. The van der Waals surface area contributed by atoms with Crippen molar-refractivity contribution in [1.82, 2.24) is 5.32 Å². The van der Waals surface area contributed by atoms with Crippen LogP contribution in [0.15, 0.2) is 58.7 Å². The first kappa shape index (κ1) is 19.9. The number of rotatable bonds is 5. The lowest BCUT2D eigenvalue weighted by atomic mass is 10.1. The highest BCUT2D eigenvalue weighted by Crippen LogP contribution is 2.31. The van der Waals surface area contributed by atoms with Gasteiger partial charge in [-0.25, -0.2) is 0 Å². The maximum atomic E-state index is 12.8. The van der Waals surface area contributed by atoms with Crippen LogP contribution in [0.25, 0.3) is 0 Å². The summed E-state index contributed by atoms with van der Waals surface area (Å²) in [6, 6.07) is 12.1. The lowest BCUT2D eigenvalue weighted by Crippen LogP contribution is -2.26. The third-order valence-electron chi connectivity index (χ3n) is 3.92. The molecule has 0 saturated carbocycles. The summed E-state index contributed by atoms with van der Waals surface area (Å²) in [5, 5.41) is 10.3. The van der Waals surface area contributed by atoms with Crippen molar-refractivity contribution >= 4 is 29.1 Å². The third kappa shape index (κ3) is 5.13. The van der Waals surface area contributed by atoms with Crippen LogP contribution in [0.4, 0.5) is 13.2 Å². The lowest BCUT2D eigenvalue weighted by molar-refractivity contribution is -0.137. The van der Waals surface area contributed by atoms with Gasteiger partial charge in [0.2, 0.25) is 5.91 Å². The summed E-state index contributed by atoms with van der Waals surface area (Å²) >= 11 is 1.14. The van der Waals surface area contributed by atoms with Crippen LogP contribution < -0.4 is 10.1 Å². The van der Waals surface area contributed by atoms with E-state index >= 15 is 0 Å². The van der Waals surface area contributed by atoms with Crippen LogP contribution >= 0.6 is 11.8 Å². The molecule has 2 aromatic rings. The van der Waals surface area contributed by atoms with Crippen LogP contribution in [0.2, 0.25) is 0 Å². The molecule has 1 aliphatic heterocycles. The molecule has 146 valence electrons. The monoisotopic (exact) mass is 407 g/mol. The average Bonchev–Trinajstić information content (AvgIpc) is 3.01. The van der Waals surface area contributed by atoms with Gasteiger partial charge in [-0.3, -0.25) is 4.79 Å². The predicted octanol–water partition coefficient (Wildman–Crippen LogP) is 3.88. The Balaban J connectivity index is 1.63. The zero-order valence-corrected chi connectivity index (χ0v) is 15.6. The third-order valence-corrected chi connectivity index (χ3v) is 5.00. The second kappa shape index (κ2) is 8.47. The first-order valence-electron chi connectivity index (χ1n) is 8.24. The number of alkyl halides is 3. The van der Waals surface area contributed by atoms with E-state index in [4.69, 9.17) is 4.74 Å². The average molecular weight is 407 g/mol. The molecule has 1 aliphatic rings. The van der Waals surface area contributed by atoms with Crippen molar-refractivity contribution in [1.29, 1.82) is 0 Å². The highest BCUT2D eigenvalue weighted by atomic mass is 32.2. The topological polar surface area (TPSA) is 63.1 Å². The van der Waals surface area contributed by atoms with Gasteiger partial charge in [0.05, 0.1) is 24.1 Å². The first-order valence-corrected chi connectivity index (χ1v) is 9.12. The molecule has 2 aromatic carbocycles. The number of benzene rings is 2. The normalized spacial score (nSPS) is 18.6. The number of amidine groups is 1. The number of methoxy groups -OCH3 is 1. The van der Waals surface area contributed by atoms with E-state index in [1.807, 2.05) is 0 Å². The molecule has 3 rings (SSSR count). The fraction of sp³-hybridized carbons (Fsp3) is 0.211. The fourth-order valence-corrected chi connectivity index (χ4v) is 3.48. The van der Waals surface area contributed by atoms with E-state index in [2.05, 4.69) is 15.5 Å². The van der Waals surface area contributed by atoms with Crippen molar-refractivity contribution in [2.75, 3.05) is 7.11 Å². The Kier molecular flexibility index (Phi) is 6.03. The standard InChI is InChI=1S/C19H16F3N3O2S/c1-27-15-7-5-12(6-8-15)11-23-25-18-24-17(26)16(28-18)10-13-3-2-4-14(9-13)19(20,21)22/h2-9,11,16H,10H2,1H3,(H,24,25,26)/b23-11-. The van der Waals surface area contributed by atoms with Gasteiger partial charge in [-0.05, 0) is 47.9 Å². The minimum Gasteiger partial charge on any atom is -0.497 e. The largest absolute Gasteiger partial charge is 0.497 e. The highest BCUT2D eigenvalue weighted by Gasteiger charge is 2.33. The Morgan fingerprint density at radius 1 is 1.21 bits per heavy atom. The van der Waals surface area contributed by atoms with Crippen LogP contribution in [0.3, 0.4) is 0 Å². The molecule has 0 aliphatic carbocycles. The van der Waals surface area contributed by atoms with Gasteiger partial charge in [0.25, 0.3) is 0 Å². The van der Waals surface area contributed by atoms with E-state index < -0.39 is 17.0 Å². The second-order valence-electron chi connectivity index (χ2n) is 5.92. The van der Waals surface area contributed by atoms with E-state index in [1.165, 1.54) is 12.3 Å². The molecule has 0 spiro atoms. The quantitative estimate of drug-likeness (QED) is 0.604. The predicted molar refractivity (Wildman–Crippen MR) is 103 cm³/mol. The van der Waals surface area contributed by atoms with E-state index in [1.54, 1.807) is 37.4 Å². The maximum absolute atomic E-state index is 12.8. The molecule has 1 atom stereocenters. The van der Waals surface area contributed by atoms with Crippen LogP contribution in [0.1, 0.15) is 16.7 Å². The Bertz CT molecular complexity index is 911. The second-order valence-corrected chi connectivity index (χ2v) is 7.11. The van der Waals surface area contributed by atoms with Gasteiger partial charge in [-0.1, -0.05) is 30.0 Å². The summed E-state index contributed by atoms with van der Waals surface area (Å²) in [7, 11) is 1.57. The molecule has 0 bridgehead atoms. The van der Waals surface area contributed by atoms with Crippen molar-refractivity contribution < 1.29 is 22.7 Å². The number of amides is 1. The van der Waals surface area contributed by atoms with Gasteiger partial charge in [-0.2, -0.15) is 18.3 Å². The van der Waals surface area contributed by atoms with Crippen LogP contribution in [-0.2, 0) is 17.4 Å². The van der Waals surface area contributed by atoms with Crippen molar-refractivity contribution in [3.8, 4) is 5.75 Å². The number of halogens is 3. The Hall–Kier alpha value is -2.81. The minimum atomic E-state index is -4.41. The molecular formula is C19H16F3N3O2S. The lowest BCUT2D eigenvalue weighted by Gasteiger charge is -2.10. The van der Waals surface area contributed by atoms with Crippen molar-refractivity contribution in [3.05, 3.63) is 65.2 Å². The first-order chi connectivity index (χ1) is 13.3. The summed E-state index contributed by atoms with van der Waals surface area (Å²) in [5.74, 6) is 0.417. The molecule has 0 aromatic heterocycles. The number of hydrogen-bond acceptors (Lipinski definition) is 5. The Morgan fingerprint density at radius 3 is 2.64 bits per heavy atom. The van der Waals surface area contributed by atoms with E-state index in [0.29, 0.717) is 10.7 Å². The highest BCUT2D eigenvalue weighted by molar-refractivity contribution is 8.15. The SMILES string of the molecule is COc1ccc(/C=N\N=C2/NC(=O)C(Cc3cccc(C(F)(F)F)c3)S2)cc1. The Morgan fingerprint density at radius 2 is 1.96 bits per heavy atom. The van der Waals surface area contributed by atoms with E-state index in [-0.39, 0.29) is 12.3 Å². The number of thioether (sulfide) groups is 1. The number of nitrogens with one attached hydrogen (secondary N) is 1. The zero-order valence-electron chi connectivity index (χ0n) is 14.7. The fourth-order valence-electron chi connectivity index (χ4n) is 2.51. The minimum absolute atomic E-state index is 0.168. The number of carbonyl (C=O) groups excluding carboxylic acids is 1. The number of ether oxygens (including phenoxy) is 1. The van der Waals surface area contributed by atoms with Crippen molar-refractivity contribution in [2.45, 2.75) is 17.8 Å². The zero-order chi connectivity index (χ0) is 20.1. The summed E-state index contributed by atoms with van der Waals surface area (Å²) in [4.78, 5) is 12.1. The van der Waals surface area contributed by atoms with Gasteiger partial charge in [0, 0.05) is 0 Å². The molecule has 9 heteroatoms. The van der Waals surface area contributed by atoms with Crippen LogP contribution in [-0.4, -0.2) is 29.6 Å². The van der Waals surface area contributed by atoms with E-state index in [0.717, 1.165) is 35.2 Å². The summed E-state index contributed by atoms with van der Waals surface area (Å²) in [5.41, 5.74) is 0.511. The molecule has 1 heterocycles. The van der Waals surface area contributed by atoms with Crippen LogP contribution in [0.5, 0.6) is 5.75 Å². The van der Waals surface area contributed by atoms with Gasteiger partial charge >= 0.3 is 6.18 Å². The molecule has 1 amide bonds. The van der Waals surface area contributed by atoms with Crippen molar-refractivity contribution in [3.63, 3.8) is 0 Å². The summed E-state index contributed by atoms with van der Waals surface area (Å²) in [6.07, 6.45) is -2.72. The number of hydrogen-bond donors (Lipinski definition) is 1. The maximum Gasteiger partial charge on any atom is 0.416 e. The summed E-state index contributed by atoms with van der Waals surface area (Å²) < 4.78 is 43.5. The molecule has 28 heavy (non-hydrogen) atoms. The number of nitrogens with zero attached hydrogens (tertiary/aromatic N) is 2. The van der Waals surface area contributed by atoms with Gasteiger partial charge < -0.3 is 10.1 Å². The van der Waals surface area contributed by atoms with Gasteiger partial charge in [0.1, 0.15) is 5.75 Å². The molecule has 5 nitrogen and oxygen atoms in total. The molecule has 1 fully saturated rings. The molecular weight excluding hydrogens is 391 g/mol. The van der Waals surface area contributed by atoms with Crippen molar-refractivity contribution in [2.24, 2.45) is 10.2 Å². The van der Waals surface area contributed by atoms with Gasteiger partial charge in [-0.15, -0.1) is 5.10 Å². The molecule has 1 unspecified atom stereocenters. The summed E-state index contributed by atoms with van der Waals surface area (Å²) in [6.45, 7) is 0.